The highest BCUT2D eigenvalue weighted by molar-refractivity contribution is 5.25. The van der Waals surface area contributed by atoms with Gasteiger partial charge >= 0.3 is 0 Å². The maximum Gasteiger partial charge on any atom is 0.179 e. The van der Waals surface area contributed by atoms with Crippen molar-refractivity contribution in [2.45, 2.75) is 39.3 Å². The van der Waals surface area contributed by atoms with Gasteiger partial charge in [0, 0.05) is 13.1 Å². The third kappa shape index (κ3) is 5.29. The van der Waals surface area contributed by atoms with Crippen molar-refractivity contribution < 1.29 is 4.74 Å². The van der Waals surface area contributed by atoms with Crippen LogP contribution < -0.4 is 11.1 Å². The molecule has 5 nitrogen and oxygen atoms in total. The van der Waals surface area contributed by atoms with Gasteiger partial charge in [-0.05, 0) is 39.8 Å². The molecule has 0 amide bonds. The zero-order chi connectivity index (χ0) is 12.9. The minimum absolute atomic E-state index is 0.212. The highest BCUT2D eigenvalue weighted by atomic mass is 16.5. The summed E-state index contributed by atoms with van der Waals surface area (Å²) in [7, 11) is 0. The van der Waals surface area contributed by atoms with Gasteiger partial charge in [0.1, 0.15) is 11.4 Å². The molecular formula is C12H22N4O. The number of nitrogens with zero attached hydrogens (tertiary/aromatic N) is 2. The molecule has 0 aromatic carbocycles. The zero-order valence-corrected chi connectivity index (χ0v) is 10.9. The zero-order valence-electron chi connectivity index (χ0n) is 10.9. The van der Waals surface area contributed by atoms with Crippen LogP contribution in [0.4, 0.5) is 5.82 Å². The lowest BCUT2D eigenvalue weighted by Crippen LogP contribution is -2.26. The smallest absolute Gasteiger partial charge is 0.179 e. The molecule has 0 unspecified atom stereocenters. The number of nitrogen functional groups attached to an aromatic ring is 1. The molecule has 1 aromatic rings. The SMILES string of the molecule is C=C(NCCCn1nccc1N)OC(C)(C)C. The van der Waals surface area contributed by atoms with Crippen molar-refractivity contribution in [2.24, 2.45) is 0 Å². The van der Waals surface area contributed by atoms with Crippen molar-refractivity contribution in [1.82, 2.24) is 15.1 Å². The van der Waals surface area contributed by atoms with Crippen molar-refractivity contribution in [1.29, 1.82) is 0 Å². The van der Waals surface area contributed by atoms with Gasteiger partial charge in [-0.3, -0.25) is 4.68 Å². The molecule has 0 aliphatic heterocycles. The first-order valence-electron chi connectivity index (χ1n) is 5.77. The van der Waals surface area contributed by atoms with Crippen molar-refractivity contribution in [2.75, 3.05) is 12.3 Å². The molecule has 0 saturated carbocycles. The van der Waals surface area contributed by atoms with Crippen LogP contribution in [0.1, 0.15) is 27.2 Å². The Labute approximate surface area is 103 Å². The Kier molecular flexibility index (Phi) is 4.43. The van der Waals surface area contributed by atoms with Gasteiger partial charge in [-0.1, -0.05) is 0 Å². The summed E-state index contributed by atoms with van der Waals surface area (Å²) in [4.78, 5) is 0. The fourth-order valence-electron chi connectivity index (χ4n) is 1.39. The van der Waals surface area contributed by atoms with Gasteiger partial charge in [0.15, 0.2) is 5.88 Å². The summed E-state index contributed by atoms with van der Waals surface area (Å²) in [6.45, 7) is 11.4. The van der Waals surface area contributed by atoms with Gasteiger partial charge in [-0.15, -0.1) is 0 Å². The molecule has 5 heteroatoms. The maximum absolute atomic E-state index is 5.70. The van der Waals surface area contributed by atoms with Gasteiger partial charge in [0.25, 0.3) is 0 Å². The summed E-state index contributed by atoms with van der Waals surface area (Å²) in [6, 6.07) is 1.79. The Morgan fingerprint density at radius 1 is 1.59 bits per heavy atom. The molecule has 17 heavy (non-hydrogen) atoms. The van der Waals surface area contributed by atoms with Crippen LogP contribution in [0.2, 0.25) is 0 Å². The highest BCUT2D eigenvalue weighted by Gasteiger charge is 2.11. The molecule has 0 aliphatic rings. The first-order valence-corrected chi connectivity index (χ1v) is 5.77. The fourth-order valence-corrected chi connectivity index (χ4v) is 1.39. The average molecular weight is 238 g/mol. The number of ether oxygens (including phenoxy) is 1. The summed E-state index contributed by atoms with van der Waals surface area (Å²) in [5.41, 5.74) is 5.49. The van der Waals surface area contributed by atoms with Crippen molar-refractivity contribution in [3.8, 4) is 0 Å². The minimum Gasteiger partial charge on any atom is -0.474 e. The Morgan fingerprint density at radius 2 is 2.29 bits per heavy atom. The second-order valence-electron chi connectivity index (χ2n) is 4.90. The van der Waals surface area contributed by atoms with Crippen LogP contribution in [0.3, 0.4) is 0 Å². The van der Waals surface area contributed by atoms with E-state index in [1.165, 1.54) is 0 Å². The fraction of sp³-hybridized carbons (Fsp3) is 0.583. The lowest BCUT2D eigenvalue weighted by atomic mass is 10.2. The van der Waals surface area contributed by atoms with Gasteiger partial charge < -0.3 is 15.8 Å². The number of hydrogen-bond donors (Lipinski definition) is 2. The van der Waals surface area contributed by atoms with Crippen LogP contribution >= 0.6 is 0 Å². The van der Waals surface area contributed by atoms with E-state index in [-0.39, 0.29) is 5.60 Å². The van der Waals surface area contributed by atoms with E-state index < -0.39 is 0 Å². The second kappa shape index (κ2) is 5.61. The van der Waals surface area contributed by atoms with E-state index in [4.69, 9.17) is 10.5 Å². The topological polar surface area (TPSA) is 65.1 Å². The maximum atomic E-state index is 5.70. The van der Waals surface area contributed by atoms with E-state index in [1.54, 1.807) is 16.9 Å². The first kappa shape index (κ1) is 13.4. The number of aryl methyl sites for hydroxylation is 1. The van der Waals surface area contributed by atoms with E-state index >= 15 is 0 Å². The number of nitrogens with two attached hydrogens (primary N) is 1. The Balaban J connectivity index is 2.17. The van der Waals surface area contributed by atoms with Gasteiger partial charge in [-0.2, -0.15) is 5.10 Å². The molecule has 1 aromatic heterocycles. The molecule has 3 N–H and O–H groups in total. The van der Waals surface area contributed by atoms with E-state index in [0.29, 0.717) is 11.7 Å². The third-order valence-electron chi connectivity index (χ3n) is 2.05. The second-order valence-corrected chi connectivity index (χ2v) is 4.90. The summed E-state index contributed by atoms with van der Waals surface area (Å²) < 4.78 is 7.32. The molecule has 0 saturated heterocycles. The van der Waals surface area contributed by atoms with E-state index in [9.17, 15) is 0 Å². The summed E-state index contributed by atoms with van der Waals surface area (Å²) >= 11 is 0. The lowest BCUT2D eigenvalue weighted by Gasteiger charge is -2.23. The predicted octanol–water partition coefficient (Wildman–Crippen LogP) is 1.73. The van der Waals surface area contributed by atoms with Crippen molar-refractivity contribution >= 4 is 5.82 Å². The van der Waals surface area contributed by atoms with Gasteiger partial charge in [-0.25, -0.2) is 0 Å². The molecule has 1 heterocycles. The van der Waals surface area contributed by atoms with E-state index in [0.717, 1.165) is 19.5 Å². The van der Waals surface area contributed by atoms with Gasteiger partial charge in [0.05, 0.1) is 6.20 Å². The number of aromatic nitrogens is 2. The Hall–Kier alpha value is -1.65. The van der Waals surface area contributed by atoms with Crippen molar-refractivity contribution in [3.05, 3.63) is 24.7 Å². The summed E-state index contributed by atoms with van der Waals surface area (Å²) in [5.74, 6) is 1.29. The van der Waals surface area contributed by atoms with Crippen LogP contribution in [-0.2, 0) is 11.3 Å². The van der Waals surface area contributed by atoms with Crippen molar-refractivity contribution in [3.63, 3.8) is 0 Å². The molecule has 0 bridgehead atoms. The average Bonchev–Trinajstić information content (AvgIpc) is 2.56. The lowest BCUT2D eigenvalue weighted by molar-refractivity contribution is 0.0415. The van der Waals surface area contributed by atoms with Crippen LogP contribution in [0.5, 0.6) is 0 Å². The normalized spacial score (nSPS) is 11.2. The van der Waals surface area contributed by atoms with Crippen LogP contribution in [0.25, 0.3) is 0 Å². The molecule has 0 fully saturated rings. The molecule has 0 aliphatic carbocycles. The van der Waals surface area contributed by atoms with Gasteiger partial charge in [0.2, 0.25) is 0 Å². The monoisotopic (exact) mass is 238 g/mol. The van der Waals surface area contributed by atoms with Crippen LogP contribution in [0, 0.1) is 0 Å². The van der Waals surface area contributed by atoms with Crippen LogP contribution in [0.15, 0.2) is 24.7 Å². The Bertz CT molecular complexity index is 365. The Morgan fingerprint density at radius 3 is 2.82 bits per heavy atom. The molecule has 1 rings (SSSR count). The molecule has 96 valence electrons. The summed E-state index contributed by atoms with van der Waals surface area (Å²) in [5, 5.41) is 7.22. The molecule has 0 radical (unpaired) electrons. The van der Waals surface area contributed by atoms with E-state index in [2.05, 4.69) is 17.0 Å². The third-order valence-corrected chi connectivity index (χ3v) is 2.05. The van der Waals surface area contributed by atoms with E-state index in [1.807, 2.05) is 20.8 Å². The number of nitrogens with one attached hydrogen (secondary N) is 1. The standard InChI is InChI=1S/C12H22N4O/c1-10(17-12(2,3)4)14-7-5-9-16-11(13)6-8-15-16/h6,8,14H,1,5,7,9,13H2,2-4H3. The quantitative estimate of drug-likeness (QED) is 0.585. The minimum atomic E-state index is -0.212. The summed E-state index contributed by atoms with van der Waals surface area (Å²) in [6.07, 6.45) is 2.61. The molecular weight excluding hydrogens is 216 g/mol. The largest absolute Gasteiger partial charge is 0.474 e. The van der Waals surface area contributed by atoms with Crippen LogP contribution in [-0.4, -0.2) is 21.9 Å². The predicted molar refractivity (Wildman–Crippen MR) is 69.2 cm³/mol. The molecule has 0 spiro atoms. The number of rotatable bonds is 6. The first-order chi connectivity index (χ1) is 7.88. The highest BCUT2D eigenvalue weighted by Crippen LogP contribution is 2.10. The number of anilines is 1. The number of hydrogen-bond acceptors (Lipinski definition) is 4. The molecule has 0 atom stereocenters.